The van der Waals surface area contributed by atoms with Crippen molar-refractivity contribution < 1.29 is 14.7 Å². The van der Waals surface area contributed by atoms with Crippen molar-refractivity contribution in [3.63, 3.8) is 0 Å². The van der Waals surface area contributed by atoms with Gasteiger partial charge in [-0.05, 0) is 12.1 Å². The molecule has 2 amide bonds. The Balaban J connectivity index is 2.52. The number of anilines is 1. The third kappa shape index (κ3) is 1.28. The Morgan fingerprint density at radius 2 is 2.21 bits per heavy atom. The maximum atomic E-state index is 10.9. The van der Waals surface area contributed by atoms with E-state index in [1.807, 2.05) is 0 Å². The number of nitrogens with one attached hydrogen (secondary N) is 2. The van der Waals surface area contributed by atoms with E-state index < -0.39 is 5.97 Å². The number of hydrogen-bond donors (Lipinski definition) is 3. The number of rotatable bonds is 1. The SMILES string of the molecule is O=C1NCc2c(cccc2C(=O)O)N1. The summed E-state index contributed by atoms with van der Waals surface area (Å²) >= 11 is 0. The number of carbonyl (C=O) groups excluding carboxylic acids is 1. The van der Waals surface area contributed by atoms with E-state index in [0.29, 0.717) is 11.3 Å². The highest BCUT2D eigenvalue weighted by atomic mass is 16.4. The Bertz CT molecular complexity index is 415. The second-order valence-electron chi connectivity index (χ2n) is 2.94. The van der Waals surface area contributed by atoms with Gasteiger partial charge in [0.05, 0.1) is 5.56 Å². The zero-order valence-electron chi connectivity index (χ0n) is 7.20. The van der Waals surface area contributed by atoms with Gasteiger partial charge >= 0.3 is 12.0 Å². The molecular weight excluding hydrogens is 184 g/mol. The first-order chi connectivity index (χ1) is 6.68. The first kappa shape index (κ1) is 8.55. The molecule has 0 bridgehead atoms. The molecule has 72 valence electrons. The summed E-state index contributed by atoms with van der Waals surface area (Å²) in [5, 5.41) is 13.9. The van der Waals surface area contributed by atoms with Crippen molar-refractivity contribution in [3.05, 3.63) is 29.3 Å². The van der Waals surface area contributed by atoms with E-state index in [9.17, 15) is 9.59 Å². The van der Waals surface area contributed by atoms with Crippen LogP contribution in [0.2, 0.25) is 0 Å². The molecule has 3 N–H and O–H groups in total. The standard InChI is InChI=1S/C9H8N2O3/c12-8(13)5-2-1-3-7-6(5)4-10-9(14)11-7/h1-3H,4H2,(H,12,13)(H2,10,11,14). The average Bonchev–Trinajstić information content (AvgIpc) is 2.16. The van der Waals surface area contributed by atoms with E-state index in [4.69, 9.17) is 5.11 Å². The average molecular weight is 192 g/mol. The number of carbonyl (C=O) groups is 2. The van der Waals surface area contributed by atoms with Gasteiger partial charge in [0.15, 0.2) is 0 Å². The number of fused-ring (bicyclic) bond motifs is 1. The van der Waals surface area contributed by atoms with E-state index in [-0.39, 0.29) is 18.1 Å². The molecule has 1 aliphatic rings. The van der Waals surface area contributed by atoms with Crippen molar-refractivity contribution in [2.45, 2.75) is 6.54 Å². The predicted octanol–water partition coefficient (Wildman–Crippen LogP) is 1.02. The summed E-state index contributed by atoms with van der Waals surface area (Å²) in [5.74, 6) is -0.986. The van der Waals surface area contributed by atoms with Crippen LogP contribution >= 0.6 is 0 Å². The monoisotopic (exact) mass is 192 g/mol. The maximum absolute atomic E-state index is 10.9. The highest BCUT2D eigenvalue weighted by Crippen LogP contribution is 2.22. The van der Waals surface area contributed by atoms with Gasteiger partial charge in [0.25, 0.3) is 0 Å². The van der Waals surface area contributed by atoms with E-state index in [1.54, 1.807) is 12.1 Å². The number of urea groups is 1. The summed E-state index contributed by atoms with van der Waals surface area (Å²) < 4.78 is 0. The van der Waals surface area contributed by atoms with Gasteiger partial charge in [0.2, 0.25) is 0 Å². The van der Waals surface area contributed by atoms with E-state index in [2.05, 4.69) is 10.6 Å². The lowest BCUT2D eigenvalue weighted by Crippen LogP contribution is -2.34. The number of aromatic carboxylic acids is 1. The van der Waals surface area contributed by atoms with Crippen molar-refractivity contribution in [1.82, 2.24) is 5.32 Å². The van der Waals surface area contributed by atoms with Gasteiger partial charge in [-0.3, -0.25) is 0 Å². The van der Waals surface area contributed by atoms with Gasteiger partial charge in [-0.1, -0.05) is 6.07 Å². The number of carboxylic acid groups (broad SMARTS) is 1. The maximum Gasteiger partial charge on any atom is 0.336 e. The van der Waals surface area contributed by atoms with Crippen LogP contribution in [0.3, 0.4) is 0 Å². The summed E-state index contributed by atoms with van der Waals surface area (Å²) in [6.45, 7) is 0.254. The van der Waals surface area contributed by atoms with Crippen LogP contribution in [-0.4, -0.2) is 17.1 Å². The van der Waals surface area contributed by atoms with Crippen molar-refractivity contribution in [3.8, 4) is 0 Å². The fraction of sp³-hybridized carbons (Fsp3) is 0.111. The molecular formula is C9H8N2O3. The Hall–Kier alpha value is -2.04. The van der Waals surface area contributed by atoms with Gasteiger partial charge in [0.1, 0.15) is 0 Å². The topological polar surface area (TPSA) is 78.4 Å². The zero-order chi connectivity index (χ0) is 10.1. The van der Waals surface area contributed by atoms with Crippen LogP contribution in [0.15, 0.2) is 18.2 Å². The summed E-state index contributed by atoms with van der Waals surface area (Å²) in [6.07, 6.45) is 0. The first-order valence-electron chi connectivity index (χ1n) is 4.08. The molecule has 0 unspecified atom stereocenters. The molecule has 0 saturated carbocycles. The molecule has 0 aliphatic carbocycles. The molecule has 1 aliphatic heterocycles. The summed E-state index contributed by atoms with van der Waals surface area (Å²) in [5.41, 5.74) is 1.39. The van der Waals surface area contributed by atoms with Crippen LogP contribution in [0.5, 0.6) is 0 Å². The van der Waals surface area contributed by atoms with Gasteiger partial charge in [0, 0.05) is 17.8 Å². The van der Waals surface area contributed by atoms with E-state index in [0.717, 1.165) is 0 Å². The minimum atomic E-state index is -0.986. The molecule has 0 fully saturated rings. The van der Waals surface area contributed by atoms with Crippen LogP contribution in [-0.2, 0) is 6.54 Å². The minimum Gasteiger partial charge on any atom is -0.478 e. The Kier molecular flexibility index (Phi) is 1.85. The summed E-state index contributed by atoms with van der Waals surface area (Å²) in [4.78, 5) is 21.8. The van der Waals surface area contributed by atoms with Crippen molar-refractivity contribution in [2.24, 2.45) is 0 Å². The lowest BCUT2D eigenvalue weighted by molar-refractivity contribution is 0.0695. The molecule has 0 radical (unpaired) electrons. The Labute approximate surface area is 79.7 Å². The number of carboxylic acids is 1. The van der Waals surface area contributed by atoms with Crippen LogP contribution in [0.1, 0.15) is 15.9 Å². The second kappa shape index (κ2) is 3.02. The van der Waals surface area contributed by atoms with Crippen LogP contribution in [0, 0.1) is 0 Å². The first-order valence-corrected chi connectivity index (χ1v) is 4.08. The quantitative estimate of drug-likeness (QED) is 0.621. The van der Waals surface area contributed by atoms with Crippen molar-refractivity contribution in [2.75, 3.05) is 5.32 Å². The van der Waals surface area contributed by atoms with Crippen LogP contribution in [0.4, 0.5) is 10.5 Å². The molecule has 0 atom stereocenters. The molecule has 14 heavy (non-hydrogen) atoms. The third-order valence-electron chi connectivity index (χ3n) is 2.08. The highest BCUT2D eigenvalue weighted by molar-refractivity contribution is 5.97. The Morgan fingerprint density at radius 1 is 1.43 bits per heavy atom. The largest absolute Gasteiger partial charge is 0.478 e. The van der Waals surface area contributed by atoms with Crippen LogP contribution in [0.25, 0.3) is 0 Å². The zero-order valence-corrected chi connectivity index (χ0v) is 7.20. The highest BCUT2D eigenvalue weighted by Gasteiger charge is 2.19. The molecule has 1 heterocycles. The summed E-state index contributed by atoms with van der Waals surface area (Å²) in [7, 11) is 0. The molecule has 5 heteroatoms. The molecule has 0 spiro atoms. The van der Waals surface area contributed by atoms with Crippen LogP contribution < -0.4 is 10.6 Å². The predicted molar refractivity (Wildman–Crippen MR) is 49.3 cm³/mol. The fourth-order valence-electron chi connectivity index (χ4n) is 1.43. The number of amides is 2. The lowest BCUT2D eigenvalue weighted by atomic mass is 10.0. The van der Waals surface area contributed by atoms with E-state index in [1.165, 1.54) is 6.07 Å². The Morgan fingerprint density at radius 3 is 2.93 bits per heavy atom. The molecule has 2 rings (SSSR count). The molecule has 1 aromatic rings. The van der Waals surface area contributed by atoms with E-state index >= 15 is 0 Å². The van der Waals surface area contributed by atoms with Crippen molar-refractivity contribution >= 4 is 17.7 Å². The number of hydrogen-bond acceptors (Lipinski definition) is 2. The van der Waals surface area contributed by atoms with Gasteiger partial charge in [-0.15, -0.1) is 0 Å². The smallest absolute Gasteiger partial charge is 0.336 e. The summed E-state index contributed by atoms with van der Waals surface area (Å²) in [6, 6.07) is 4.49. The normalized spacial score (nSPS) is 13.9. The van der Waals surface area contributed by atoms with Gasteiger partial charge in [-0.2, -0.15) is 0 Å². The van der Waals surface area contributed by atoms with Gasteiger partial charge < -0.3 is 15.7 Å². The fourth-order valence-corrected chi connectivity index (χ4v) is 1.43. The molecule has 1 aromatic carbocycles. The van der Waals surface area contributed by atoms with Crippen molar-refractivity contribution in [1.29, 1.82) is 0 Å². The molecule has 0 saturated heterocycles. The van der Waals surface area contributed by atoms with Gasteiger partial charge in [-0.25, -0.2) is 9.59 Å². The third-order valence-corrected chi connectivity index (χ3v) is 2.08. The molecule has 0 aromatic heterocycles. The minimum absolute atomic E-state index is 0.218. The number of benzene rings is 1. The second-order valence-corrected chi connectivity index (χ2v) is 2.94. The molecule has 5 nitrogen and oxygen atoms in total. The lowest BCUT2D eigenvalue weighted by Gasteiger charge is -2.19.